The third-order valence-electron chi connectivity index (χ3n) is 3.89. The quantitative estimate of drug-likeness (QED) is 0.356. The first-order valence-corrected chi connectivity index (χ1v) is 9.05. The number of pyridine rings is 1. The average Bonchev–Trinajstić information content (AvgIpc) is 3.14. The second-order valence-electron chi connectivity index (χ2n) is 5.58. The summed E-state index contributed by atoms with van der Waals surface area (Å²) >= 11 is 1.71. The third kappa shape index (κ3) is 4.17. The van der Waals surface area contributed by atoms with Crippen molar-refractivity contribution in [1.29, 1.82) is 0 Å². The van der Waals surface area contributed by atoms with Gasteiger partial charge in [0.1, 0.15) is 5.82 Å². The highest BCUT2D eigenvalue weighted by Gasteiger charge is 2.19. The van der Waals surface area contributed by atoms with Crippen molar-refractivity contribution >= 4 is 29.1 Å². The van der Waals surface area contributed by atoms with Gasteiger partial charge in [-0.25, -0.2) is 4.98 Å². The molecule has 24 heavy (non-hydrogen) atoms. The van der Waals surface area contributed by atoms with Gasteiger partial charge in [0, 0.05) is 36.3 Å². The number of hydrogen-bond donors (Lipinski definition) is 1. The Bertz CT molecular complexity index is 690. The molecule has 2 heterocycles. The molecule has 7 heteroatoms. The number of benzene rings is 1. The number of hydrogen-bond acceptors (Lipinski definition) is 6. The smallest absolute Gasteiger partial charge is 0.311 e. The molecule has 0 atom stereocenters. The van der Waals surface area contributed by atoms with E-state index < -0.39 is 0 Å². The van der Waals surface area contributed by atoms with E-state index in [2.05, 4.69) is 27.3 Å². The molecule has 0 bridgehead atoms. The topological polar surface area (TPSA) is 71.3 Å². The normalized spacial score (nSPS) is 13.9. The van der Waals surface area contributed by atoms with Crippen LogP contribution in [0.4, 0.5) is 17.3 Å². The predicted octanol–water partition coefficient (Wildman–Crippen LogP) is 3.79. The molecule has 1 aliphatic heterocycles. The van der Waals surface area contributed by atoms with Crippen molar-refractivity contribution in [2.45, 2.75) is 17.7 Å². The fourth-order valence-corrected chi connectivity index (χ4v) is 3.49. The highest BCUT2D eigenvalue weighted by atomic mass is 32.2. The van der Waals surface area contributed by atoms with Crippen LogP contribution < -0.4 is 10.2 Å². The maximum atomic E-state index is 11.2. The molecule has 1 aromatic heterocycles. The van der Waals surface area contributed by atoms with Gasteiger partial charge in [-0.3, -0.25) is 10.1 Å². The third-order valence-corrected chi connectivity index (χ3v) is 4.91. The van der Waals surface area contributed by atoms with E-state index in [1.54, 1.807) is 23.9 Å². The molecule has 6 nitrogen and oxygen atoms in total. The van der Waals surface area contributed by atoms with Crippen molar-refractivity contribution in [3.8, 4) is 0 Å². The van der Waals surface area contributed by atoms with E-state index in [0.29, 0.717) is 12.4 Å². The molecule has 1 fully saturated rings. The van der Waals surface area contributed by atoms with E-state index in [1.807, 2.05) is 18.2 Å². The van der Waals surface area contributed by atoms with Crippen molar-refractivity contribution in [2.75, 3.05) is 35.6 Å². The van der Waals surface area contributed by atoms with Gasteiger partial charge < -0.3 is 10.2 Å². The minimum atomic E-state index is -0.382. The lowest BCUT2D eigenvalue weighted by molar-refractivity contribution is -0.384. The van der Waals surface area contributed by atoms with Crippen LogP contribution >= 0.6 is 11.8 Å². The van der Waals surface area contributed by atoms with Gasteiger partial charge in [0.2, 0.25) is 5.82 Å². The van der Waals surface area contributed by atoms with Crippen LogP contribution in [0.2, 0.25) is 0 Å². The minimum Gasteiger partial charge on any atom is -0.363 e. The van der Waals surface area contributed by atoms with Gasteiger partial charge in [-0.05, 0) is 31.0 Å². The van der Waals surface area contributed by atoms with Gasteiger partial charge in [-0.1, -0.05) is 18.2 Å². The van der Waals surface area contributed by atoms with E-state index in [-0.39, 0.29) is 10.6 Å². The first-order chi connectivity index (χ1) is 11.7. The summed E-state index contributed by atoms with van der Waals surface area (Å²) in [5.74, 6) is 1.99. The fraction of sp³-hybridized carbons (Fsp3) is 0.353. The first kappa shape index (κ1) is 16.6. The number of anilines is 2. The lowest BCUT2D eigenvalue weighted by Crippen LogP contribution is -2.20. The van der Waals surface area contributed by atoms with Crippen LogP contribution in [0.5, 0.6) is 0 Å². The summed E-state index contributed by atoms with van der Waals surface area (Å²) in [5, 5.41) is 14.3. The summed E-state index contributed by atoms with van der Waals surface area (Å²) in [6.45, 7) is 2.55. The zero-order valence-corrected chi connectivity index (χ0v) is 14.2. The Hall–Kier alpha value is -2.28. The van der Waals surface area contributed by atoms with Crippen molar-refractivity contribution in [2.24, 2.45) is 0 Å². The van der Waals surface area contributed by atoms with Crippen molar-refractivity contribution < 1.29 is 4.92 Å². The Morgan fingerprint density at radius 2 is 1.92 bits per heavy atom. The molecule has 1 aliphatic rings. The molecule has 1 saturated heterocycles. The maximum absolute atomic E-state index is 11.2. The summed E-state index contributed by atoms with van der Waals surface area (Å²) in [4.78, 5) is 18.7. The Labute approximate surface area is 145 Å². The number of nitrogens with one attached hydrogen (secondary N) is 1. The number of nitrogens with zero attached hydrogens (tertiary/aromatic N) is 3. The molecule has 0 aliphatic carbocycles. The molecule has 2 aromatic rings. The first-order valence-electron chi connectivity index (χ1n) is 8.06. The highest BCUT2D eigenvalue weighted by molar-refractivity contribution is 7.99. The molecule has 0 saturated carbocycles. The second kappa shape index (κ2) is 8.01. The van der Waals surface area contributed by atoms with E-state index in [1.165, 1.54) is 4.90 Å². The average molecular weight is 344 g/mol. The zero-order valence-electron chi connectivity index (χ0n) is 13.4. The molecule has 1 aromatic carbocycles. The van der Waals surface area contributed by atoms with Crippen LogP contribution in [0.1, 0.15) is 12.8 Å². The van der Waals surface area contributed by atoms with Crippen LogP contribution in [0.3, 0.4) is 0 Å². The van der Waals surface area contributed by atoms with E-state index in [9.17, 15) is 10.1 Å². The summed E-state index contributed by atoms with van der Waals surface area (Å²) in [5.41, 5.74) is 0.0302. The van der Waals surface area contributed by atoms with Crippen LogP contribution in [0.25, 0.3) is 0 Å². The lowest BCUT2D eigenvalue weighted by Gasteiger charge is -2.17. The second-order valence-corrected chi connectivity index (χ2v) is 6.75. The summed E-state index contributed by atoms with van der Waals surface area (Å²) in [6, 6.07) is 13.4. The van der Waals surface area contributed by atoms with Gasteiger partial charge >= 0.3 is 5.69 Å². The molecule has 3 rings (SSSR count). The van der Waals surface area contributed by atoms with Crippen LogP contribution in [0, 0.1) is 10.1 Å². The van der Waals surface area contributed by atoms with Crippen LogP contribution in [0.15, 0.2) is 47.4 Å². The predicted molar refractivity (Wildman–Crippen MR) is 98.0 cm³/mol. The van der Waals surface area contributed by atoms with E-state index in [0.717, 1.165) is 37.5 Å². The Kier molecular flexibility index (Phi) is 5.53. The number of nitro groups is 1. The van der Waals surface area contributed by atoms with Gasteiger partial charge in [-0.2, -0.15) is 0 Å². The Morgan fingerprint density at radius 3 is 2.62 bits per heavy atom. The van der Waals surface area contributed by atoms with Gasteiger partial charge in [0.05, 0.1) is 4.92 Å². The van der Waals surface area contributed by atoms with Crippen molar-refractivity contribution in [3.05, 3.63) is 52.6 Å². The lowest BCUT2D eigenvalue weighted by atomic mass is 10.3. The van der Waals surface area contributed by atoms with Gasteiger partial charge in [0.25, 0.3) is 0 Å². The van der Waals surface area contributed by atoms with E-state index in [4.69, 9.17) is 0 Å². The molecular weight excluding hydrogens is 324 g/mol. The van der Waals surface area contributed by atoms with Gasteiger partial charge in [0.15, 0.2) is 0 Å². The number of rotatable bonds is 7. The fourth-order valence-electron chi connectivity index (χ4n) is 2.70. The van der Waals surface area contributed by atoms with Crippen molar-refractivity contribution in [3.63, 3.8) is 0 Å². The van der Waals surface area contributed by atoms with E-state index >= 15 is 0 Å². The van der Waals surface area contributed by atoms with Crippen LogP contribution in [-0.4, -0.2) is 35.3 Å². The molecule has 126 valence electrons. The minimum absolute atomic E-state index is 0.0302. The molecular formula is C17H20N4O2S. The standard InChI is InChI=1S/C17H20N4O2S/c22-21(23)15-8-9-16(20-11-4-5-12-20)19-17(15)18-10-13-24-14-6-2-1-3-7-14/h1-3,6-9H,4-5,10-13H2,(H,18,19). The molecule has 0 unspecified atom stereocenters. The largest absolute Gasteiger partial charge is 0.363 e. The molecule has 1 N–H and O–H groups in total. The zero-order chi connectivity index (χ0) is 16.8. The number of aromatic nitrogens is 1. The SMILES string of the molecule is O=[N+]([O-])c1ccc(N2CCCC2)nc1NCCSc1ccccc1. The number of thioether (sulfide) groups is 1. The van der Waals surface area contributed by atoms with Crippen LogP contribution in [-0.2, 0) is 0 Å². The summed E-state index contributed by atoms with van der Waals surface area (Å²) in [7, 11) is 0. The van der Waals surface area contributed by atoms with Gasteiger partial charge in [-0.15, -0.1) is 11.8 Å². The molecule has 0 spiro atoms. The summed E-state index contributed by atoms with van der Waals surface area (Å²) < 4.78 is 0. The van der Waals surface area contributed by atoms with Crippen molar-refractivity contribution in [1.82, 2.24) is 4.98 Å². The Balaban J connectivity index is 1.63. The monoisotopic (exact) mass is 344 g/mol. The Morgan fingerprint density at radius 1 is 1.17 bits per heavy atom. The molecule has 0 amide bonds. The molecule has 0 radical (unpaired) electrons. The maximum Gasteiger partial charge on any atom is 0.311 e. The highest BCUT2D eigenvalue weighted by Crippen LogP contribution is 2.27. The summed E-state index contributed by atoms with van der Waals surface area (Å²) in [6.07, 6.45) is 2.30.